The summed E-state index contributed by atoms with van der Waals surface area (Å²) in [7, 11) is 0. The van der Waals surface area contributed by atoms with Crippen LogP contribution >= 0.6 is 0 Å². The lowest BCUT2D eigenvalue weighted by atomic mass is 9.83. The Bertz CT molecular complexity index is 519. The second-order valence-electron chi connectivity index (χ2n) is 6.18. The lowest BCUT2D eigenvalue weighted by molar-refractivity contribution is -0.0156. The predicted molar refractivity (Wildman–Crippen MR) is 82.0 cm³/mol. The van der Waals surface area contributed by atoms with Crippen LogP contribution in [0.5, 0.6) is 0 Å². The molecule has 120 valence electrons. The third kappa shape index (κ3) is 3.77. The number of hydrogen-bond acceptors (Lipinski definition) is 2. The zero-order valence-corrected chi connectivity index (χ0v) is 12.8. The topological polar surface area (TPSA) is 41.6 Å². The van der Waals surface area contributed by atoms with Gasteiger partial charge in [-0.05, 0) is 30.0 Å². The Kier molecular flexibility index (Phi) is 4.93. The molecule has 1 aliphatic carbocycles. The molecule has 1 aromatic carbocycles. The molecule has 1 aliphatic heterocycles. The van der Waals surface area contributed by atoms with Crippen LogP contribution < -0.4 is 5.32 Å². The number of hydrogen-bond donors (Lipinski definition) is 1. The van der Waals surface area contributed by atoms with Crippen LogP contribution in [0.1, 0.15) is 37.4 Å². The number of carbonyl (C=O) groups excluding carboxylic acids is 1. The molecule has 0 spiro atoms. The highest BCUT2D eigenvalue weighted by Gasteiger charge is 2.26. The maximum Gasteiger partial charge on any atom is 0.317 e. The van der Waals surface area contributed by atoms with Gasteiger partial charge >= 0.3 is 6.03 Å². The SMILES string of the molecule is O=C(NCCC1CCC1)N1CCO[C@@H](c2cccc(F)c2)C1. The molecule has 2 fully saturated rings. The first kappa shape index (κ1) is 15.3. The lowest BCUT2D eigenvalue weighted by Crippen LogP contribution is -2.47. The molecule has 0 aromatic heterocycles. The van der Waals surface area contributed by atoms with E-state index in [1.165, 1.54) is 31.4 Å². The maximum absolute atomic E-state index is 13.3. The fraction of sp³-hybridized carbons (Fsp3) is 0.588. The summed E-state index contributed by atoms with van der Waals surface area (Å²) in [4.78, 5) is 14.0. The van der Waals surface area contributed by atoms with Crippen LogP contribution in [0, 0.1) is 11.7 Å². The van der Waals surface area contributed by atoms with Gasteiger partial charge in [0.25, 0.3) is 0 Å². The number of urea groups is 1. The van der Waals surface area contributed by atoms with E-state index in [1.807, 2.05) is 6.07 Å². The Labute approximate surface area is 130 Å². The van der Waals surface area contributed by atoms with Gasteiger partial charge in [0.1, 0.15) is 11.9 Å². The second-order valence-corrected chi connectivity index (χ2v) is 6.18. The third-order valence-corrected chi connectivity index (χ3v) is 4.63. The van der Waals surface area contributed by atoms with Gasteiger partial charge in [-0.25, -0.2) is 9.18 Å². The highest BCUT2D eigenvalue weighted by molar-refractivity contribution is 5.74. The Morgan fingerprint density at radius 1 is 1.41 bits per heavy atom. The minimum absolute atomic E-state index is 0.0379. The first-order valence-electron chi connectivity index (χ1n) is 8.12. The number of carbonyl (C=O) groups is 1. The summed E-state index contributed by atoms with van der Waals surface area (Å²) in [5, 5.41) is 2.99. The summed E-state index contributed by atoms with van der Waals surface area (Å²) in [5.41, 5.74) is 0.784. The number of benzene rings is 1. The molecule has 0 radical (unpaired) electrons. The molecule has 0 unspecified atom stereocenters. The van der Waals surface area contributed by atoms with Crippen molar-refractivity contribution in [2.75, 3.05) is 26.2 Å². The van der Waals surface area contributed by atoms with E-state index in [9.17, 15) is 9.18 Å². The van der Waals surface area contributed by atoms with Crippen molar-refractivity contribution < 1.29 is 13.9 Å². The standard InChI is InChI=1S/C17H23FN2O2/c18-15-6-2-5-14(11-15)16-12-20(9-10-22-16)17(21)19-8-7-13-3-1-4-13/h2,5-6,11,13,16H,1,3-4,7-10,12H2,(H,19,21)/t16-/m1/s1. The molecule has 1 saturated carbocycles. The van der Waals surface area contributed by atoms with Gasteiger partial charge in [0.15, 0.2) is 0 Å². The quantitative estimate of drug-likeness (QED) is 0.928. The van der Waals surface area contributed by atoms with Crippen LogP contribution in [0.15, 0.2) is 24.3 Å². The van der Waals surface area contributed by atoms with Gasteiger partial charge in [0, 0.05) is 13.1 Å². The van der Waals surface area contributed by atoms with Gasteiger partial charge in [-0.1, -0.05) is 31.4 Å². The molecule has 22 heavy (non-hydrogen) atoms. The van der Waals surface area contributed by atoms with Crippen LogP contribution in [-0.2, 0) is 4.74 Å². The van der Waals surface area contributed by atoms with E-state index in [1.54, 1.807) is 11.0 Å². The van der Waals surface area contributed by atoms with E-state index in [0.717, 1.165) is 24.4 Å². The molecule has 3 rings (SSSR count). The number of rotatable bonds is 4. The number of amides is 2. The van der Waals surface area contributed by atoms with Crippen molar-refractivity contribution in [3.05, 3.63) is 35.6 Å². The average molecular weight is 306 g/mol. The largest absolute Gasteiger partial charge is 0.370 e. The van der Waals surface area contributed by atoms with E-state index in [0.29, 0.717) is 19.7 Å². The van der Waals surface area contributed by atoms with E-state index in [2.05, 4.69) is 5.32 Å². The minimum atomic E-state index is -0.275. The smallest absolute Gasteiger partial charge is 0.317 e. The van der Waals surface area contributed by atoms with Gasteiger partial charge < -0.3 is 15.0 Å². The summed E-state index contributed by atoms with van der Waals surface area (Å²) >= 11 is 0. The third-order valence-electron chi connectivity index (χ3n) is 4.63. The summed E-state index contributed by atoms with van der Waals surface area (Å²) in [6.07, 6.45) is 4.76. The van der Waals surface area contributed by atoms with Crippen LogP contribution in [0.4, 0.5) is 9.18 Å². The van der Waals surface area contributed by atoms with Crippen LogP contribution in [0.3, 0.4) is 0 Å². The Morgan fingerprint density at radius 2 is 2.27 bits per heavy atom. The van der Waals surface area contributed by atoms with Gasteiger partial charge in [-0.2, -0.15) is 0 Å². The van der Waals surface area contributed by atoms with E-state index >= 15 is 0 Å². The van der Waals surface area contributed by atoms with Gasteiger partial charge in [0.2, 0.25) is 0 Å². The number of nitrogens with zero attached hydrogens (tertiary/aromatic N) is 1. The predicted octanol–water partition coefficient (Wildman–Crippen LogP) is 3.10. The van der Waals surface area contributed by atoms with Crippen molar-refractivity contribution in [3.8, 4) is 0 Å². The molecule has 2 amide bonds. The summed E-state index contributed by atoms with van der Waals surface area (Å²) in [5.74, 6) is 0.521. The summed E-state index contributed by atoms with van der Waals surface area (Å²) < 4.78 is 19.0. The Balaban J connectivity index is 1.50. The van der Waals surface area contributed by atoms with E-state index < -0.39 is 0 Å². The van der Waals surface area contributed by atoms with Crippen molar-refractivity contribution in [2.24, 2.45) is 5.92 Å². The number of halogens is 1. The first-order valence-corrected chi connectivity index (χ1v) is 8.12. The zero-order chi connectivity index (χ0) is 15.4. The monoisotopic (exact) mass is 306 g/mol. The molecule has 4 nitrogen and oxygen atoms in total. The number of nitrogens with one attached hydrogen (secondary N) is 1. The Morgan fingerprint density at radius 3 is 3.00 bits per heavy atom. The molecule has 1 atom stereocenters. The molecular weight excluding hydrogens is 283 g/mol. The highest BCUT2D eigenvalue weighted by atomic mass is 19.1. The molecule has 1 saturated heterocycles. The maximum atomic E-state index is 13.3. The number of ether oxygens (including phenoxy) is 1. The molecule has 0 bridgehead atoms. The van der Waals surface area contributed by atoms with Crippen molar-refractivity contribution in [3.63, 3.8) is 0 Å². The van der Waals surface area contributed by atoms with Crippen molar-refractivity contribution in [1.82, 2.24) is 10.2 Å². The van der Waals surface area contributed by atoms with Crippen molar-refractivity contribution >= 4 is 6.03 Å². The van der Waals surface area contributed by atoms with Gasteiger partial charge in [-0.15, -0.1) is 0 Å². The zero-order valence-electron chi connectivity index (χ0n) is 12.8. The van der Waals surface area contributed by atoms with Gasteiger partial charge in [0.05, 0.1) is 13.2 Å². The summed E-state index contributed by atoms with van der Waals surface area (Å²) in [6.45, 7) is 2.28. The van der Waals surface area contributed by atoms with Crippen molar-refractivity contribution in [1.29, 1.82) is 0 Å². The minimum Gasteiger partial charge on any atom is -0.370 e. The molecule has 5 heteroatoms. The fourth-order valence-electron chi connectivity index (χ4n) is 3.02. The van der Waals surface area contributed by atoms with Crippen molar-refractivity contribution in [2.45, 2.75) is 31.8 Å². The van der Waals surface area contributed by atoms with Crippen LogP contribution in [-0.4, -0.2) is 37.2 Å². The Hall–Kier alpha value is -1.62. The second kappa shape index (κ2) is 7.09. The van der Waals surface area contributed by atoms with Crippen LogP contribution in [0.2, 0.25) is 0 Å². The average Bonchev–Trinajstić information content (AvgIpc) is 2.50. The molecule has 1 heterocycles. The van der Waals surface area contributed by atoms with Crippen LogP contribution in [0.25, 0.3) is 0 Å². The van der Waals surface area contributed by atoms with E-state index in [4.69, 9.17) is 4.74 Å². The molecule has 1 N–H and O–H groups in total. The highest BCUT2D eigenvalue weighted by Crippen LogP contribution is 2.28. The fourth-order valence-corrected chi connectivity index (χ4v) is 3.02. The van der Waals surface area contributed by atoms with Gasteiger partial charge in [-0.3, -0.25) is 0 Å². The molecule has 1 aromatic rings. The first-order chi connectivity index (χ1) is 10.7. The van der Waals surface area contributed by atoms with E-state index in [-0.39, 0.29) is 18.0 Å². The normalized spacial score (nSPS) is 22.2. The number of morpholine rings is 1. The summed E-state index contributed by atoms with van der Waals surface area (Å²) in [6, 6.07) is 6.36. The molecule has 2 aliphatic rings. The molecular formula is C17H23FN2O2. The lowest BCUT2D eigenvalue weighted by Gasteiger charge is -2.33.